The molecule has 0 amide bonds. The van der Waals surface area contributed by atoms with E-state index < -0.39 is 24.4 Å². The van der Waals surface area contributed by atoms with E-state index in [9.17, 15) is 24.9 Å². The largest absolute Gasteiger partial charge is 0.388 e. The van der Waals surface area contributed by atoms with Crippen LogP contribution in [0.1, 0.15) is 96.8 Å². The van der Waals surface area contributed by atoms with E-state index in [2.05, 4.69) is 6.92 Å². The fraction of sp³-hybridized carbons (Fsp3) is 0.913. The fourth-order valence-corrected chi connectivity index (χ4v) is 3.34. The zero-order chi connectivity index (χ0) is 22.6. The number of aliphatic hydroxyl groups excluding tert-OH is 3. The highest BCUT2D eigenvalue weighted by Gasteiger charge is 2.29. The predicted molar refractivity (Wildman–Crippen MR) is 118 cm³/mol. The second kappa shape index (κ2) is 20.1. The van der Waals surface area contributed by atoms with Crippen molar-refractivity contribution in [1.29, 1.82) is 0 Å². The van der Waals surface area contributed by atoms with Gasteiger partial charge in [-0.2, -0.15) is 0 Å². The maximum Gasteiger partial charge on any atom is 0.158 e. The topological polar surface area (TPSA) is 130 Å². The summed E-state index contributed by atoms with van der Waals surface area (Å²) < 4.78 is 5.11. The molecule has 0 bridgehead atoms. The van der Waals surface area contributed by atoms with Crippen molar-refractivity contribution in [3.05, 3.63) is 0 Å². The third-order valence-corrected chi connectivity index (χ3v) is 5.41. The zero-order valence-electron chi connectivity index (χ0n) is 18.8. The summed E-state index contributed by atoms with van der Waals surface area (Å²) >= 11 is 0. The normalized spacial score (nSPS) is 15.5. The monoisotopic (exact) mass is 431 g/mol. The third-order valence-electron chi connectivity index (χ3n) is 5.41. The quantitative estimate of drug-likeness (QED) is 0.153. The summed E-state index contributed by atoms with van der Waals surface area (Å²) in [4.78, 5) is 22.3. The second-order valence-electron chi connectivity index (χ2n) is 8.31. The molecule has 0 unspecified atom stereocenters. The van der Waals surface area contributed by atoms with Gasteiger partial charge in [-0.05, 0) is 6.42 Å². The number of rotatable bonds is 22. The molecule has 0 spiro atoms. The highest BCUT2D eigenvalue weighted by Crippen LogP contribution is 2.13. The van der Waals surface area contributed by atoms with Crippen LogP contribution >= 0.6 is 0 Å². The van der Waals surface area contributed by atoms with Crippen molar-refractivity contribution in [2.75, 3.05) is 13.2 Å². The number of ketones is 1. The van der Waals surface area contributed by atoms with Crippen LogP contribution in [0.3, 0.4) is 0 Å². The Morgan fingerprint density at radius 3 is 1.77 bits per heavy atom. The molecule has 4 atom stereocenters. The summed E-state index contributed by atoms with van der Waals surface area (Å²) in [5.41, 5.74) is 5.29. The lowest BCUT2D eigenvalue weighted by Crippen LogP contribution is -2.50. The minimum Gasteiger partial charge on any atom is -0.388 e. The van der Waals surface area contributed by atoms with E-state index in [-0.39, 0.29) is 19.0 Å². The van der Waals surface area contributed by atoms with Gasteiger partial charge in [-0.1, -0.05) is 84.0 Å². The lowest BCUT2D eigenvalue weighted by atomic mass is 10.0. The van der Waals surface area contributed by atoms with Crippen LogP contribution in [0.2, 0.25) is 0 Å². The van der Waals surface area contributed by atoms with E-state index in [1.165, 1.54) is 64.2 Å². The number of carbonyl (C=O) groups excluding carboxylic acids is 2. The molecule has 0 aliphatic carbocycles. The predicted octanol–water partition coefficient (Wildman–Crippen LogP) is 2.66. The molecule has 0 aliphatic rings. The molecule has 0 heterocycles. The Balaban J connectivity index is 3.50. The molecule has 0 fully saturated rings. The number of aldehydes is 1. The first-order valence-electron chi connectivity index (χ1n) is 11.8. The Morgan fingerprint density at radius 1 is 0.833 bits per heavy atom. The SMILES string of the molecule is CCCCCCCCCCCCCCCC(=O)COC[C@@H](O)[C@H](O)[C@H](O)[C@@H](N)C=O. The van der Waals surface area contributed by atoms with Gasteiger partial charge in [-0.3, -0.25) is 4.79 Å². The van der Waals surface area contributed by atoms with Gasteiger partial charge in [-0.15, -0.1) is 0 Å². The molecular weight excluding hydrogens is 386 g/mol. The minimum atomic E-state index is -1.61. The van der Waals surface area contributed by atoms with Crippen molar-refractivity contribution in [3.63, 3.8) is 0 Å². The van der Waals surface area contributed by atoms with Gasteiger partial charge in [-0.25, -0.2) is 0 Å². The number of Topliss-reactive ketones (excluding diaryl/α,β-unsaturated/α-hetero) is 1. The average Bonchev–Trinajstić information content (AvgIpc) is 2.75. The first kappa shape index (κ1) is 29.1. The fourth-order valence-electron chi connectivity index (χ4n) is 3.34. The van der Waals surface area contributed by atoms with Crippen LogP contribution < -0.4 is 5.73 Å². The van der Waals surface area contributed by atoms with Gasteiger partial charge in [0.15, 0.2) is 5.78 Å². The smallest absolute Gasteiger partial charge is 0.158 e. The van der Waals surface area contributed by atoms with Gasteiger partial charge in [0.25, 0.3) is 0 Å². The summed E-state index contributed by atoms with van der Waals surface area (Å²) in [7, 11) is 0. The summed E-state index contributed by atoms with van der Waals surface area (Å²) in [5.74, 6) is -0.0510. The lowest BCUT2D eigenvalue weighted by molar-refractivity contribution is -0.129. The van der Waals surface area contributed by atoms with Gasteiger partial charge in [0, 0.05) is 6.42 Å². The van der Waals surface area contributed by atoms with E-state index in [1.54, 1.807) is 0 Å². The standard InChI is InChI=1S/C23H45NO6/c1-2-3-4-5-6-7-8-9-10-11-12-13-14-15-19(26)17-30-18-21(27)23(29)22(28)20(24)16-25/h16,20-23,27-29H,2-15,17-18,24H2,1H3/t20-,21+,22+,23-/m0/s1. The molecule has 7 nitrogen and oxygen atoms in total. The van der Waals surface area contributed by atoms with Crippen LogP contribution in [0.15, 0.2) is 0 Å². The summed E-state index contributed by atoms with van der Waals surface area (Å²) in [6.07, 6.45) is 12.4. The van der Waals surface area contributed by atoms with Gasteiger partial charge in [0.1, 0.15) is 31.2 Å². The Labute approximate surface area is 182 Å². The number of hydrogen-bond donors (Lipinski definition) is 4. The molecule has 0 saturated carbocycles. The van der Waals surface area contributed by atoms with Crippen molar-refractivity contribution < 1.29 is 29.6 Å². The first-order chi connectivity index (χ1) is 14.4. The van der Waals surface area contributed by atoms with Crippen LogP contribution in [0, 0.1) is 0 Å². The second-order valence-corrected chi connectivity index (χ2v) is 8.31. The van der Waals surface area contributed by atoms with Crippen molar-refractivity contribution in [2.24, 2.45) is 5.73 Å². The maximum absolute atomic E-state index is 11.8. The number of hydrogen-bond acceptors (Lipinski definition) is 7. The summed E-state index contributed by atoms with van der Waals surface area (Å²) in [6.45, 7) is 1.79. The van der Waals surface area contributed by atoms with Gasteiger partial charge in [0.2, 0.25) is 0 Å². The number of unbranched alkanes of at least 4 members (excludes halogenated alkanes) is 12. The Kier molecular flexibility index (Phi) is 19.5. The Morgan fingerprint density at radius 2 is 1.30 bits per heavy atom. The maximum atomic E-state index is 11.8. The Bertz CT molecular complexity index is 420. The van der Waals surface area contributed by atoms with Crippen LogP contribution in [-0.2, 0) is 14.3 Å². The van der Waals surface area contributed by atoms with Gasteiger partial charge >= 0.3 is 0 Å². The highest BCUT2D eigenvalue weighted by molar-refractivity contribution is 5.79. The molecule has 0 aromatic heterocycles. The summed E-state index contributed by atoms with van der Waals surface area (Å²) in [6, 6.07) is -1.29. The van der Waals surface area contributed by atoms with E-state index in [1.807, 2.05) is 0 Å². The van der Waals surface area contributed by atoms with Gasteiger partial charge < -0.3 is 30.6 Å². The van der Waals surface area contributed by atoms with Crippen molar-refractivity contribution >= 4 is 12.1 Å². The first-order valence-corrected chi connectivity index (χ1v) is 11.8. The molecule has 0 rings (SSSR count). The van der Waals surface area contributed by atoms with Crippen LogP contribution in [-0.4, -0.2) is 65.0 Å². The van der Waals surface area contributed by atoms with E-state index in [0.717, 1.165) is 19.3 Å². The molecule has 178 valence electrons. The van der Waals surface area contributed by atoms with Crippen molar-refractivity contribution in [1.82, 2.24) is 0 Å². The van der Waals surface area contributed by atoms with E-state index in [0.29, 0.717) is 12.7 Å². The number of carbonyl (C=O) groups is 2. The molecule has 30 heavy (non-hydrogen) atoms. The minimum absolute atomic E-state index is 0.0510. The van der Waals surface area contributed by atoms with Crippen LogP contribution in [0.25, 0.3) is 0 Å². The molecule has 0 aromatic carbocycles. The van der Waals surface area contributed by atoms with Gasteiger partial charge in [0.05, 0.1) is 12.6 Å². The van der Waals surface area contributed by atoms with E-state index in [4.69, 9.17) is 10.5 Å². The zero-order valence-corrected chi connectivity index (χ0v) is 18.8. The molecular formula is C23H45NO6. The molecule has 0 aliphatic heterocycles. The van der Waals surface area contributed by atoms with Crippen molar-refractivity contribution in [2.45, 2.75) is 121 Å². The van der Waals surface area contributed by atoms with E-state index >= 15 is 0 Å². The number of ether oxygens (including phenoxy) is 1. The average molecular weight is 432 g/mol. The third kappa shape index (κ3) is 15.9. The number of aliphatic hydroxyl groups is 3. The molecule has 5 N–H and O–H groups in total. The highest BCUT2D eigenvalue weighted by atomic mass is 16.5. The van der Waals surface area contributed by atoms with Crippen LogP contribution in [0.5, 0.6) is 0 Å². The number of nitrogens with two attached hydrogens (primary N) is 1. The molecule has 0 radical (unpaired) electrons. The Hall–Kier alpha value is -0.860. The lowest BCUT2D eigenvalue weighted by Gasteiger charge is -2.24. The molecule has 7 heteroatoms. The van der Waals surface area contributed by atoms with Crippen LogP contribution in [0.4, 0.5) is 0 Å². The molecule has 0 aromatic rings. The van der Waals surface area contributed by atoms with Crippen molar-refractivity contribution in [3.8, 4) is 0 Å². The summed E-state index contributed by atoms with van der Waals surface area (Å²) in [5, 5.41) is 29.0. The molecule has 0 saturated heterocycles.